The highest BCUT2D eigenvalue weighted by atomic mass is 32.1. The third-order valence-electron chi connectivity index (χ3n) is 4.95. The number of ether oxygens (including phenoxy) is 1. The number of anilines is 1. The molecule has 0 bridgehead atoms. The second kappa shape index (κ2) is 9.26. The van der Waals surface area contributed by atoms with Gasteiger partial charge in [0.2, 0.25) is 0 Å². The Kier molecular flexibility index (Phi) is 6.47. The molecule has 4 rings (SSSR count). The van der Waals surface area contributed by atoms with Crippen LogP contribution in [-0.2, 0) is 12.4 Å². The number of carbonyl (C=O) groups excluding carboxylic acids is 1. The van der Waals surface area contributed by atoms with Crippen LogP contribution in [-0.4, -0.2) is 27.9 Å². The Balaban J connectivity index is 1.85. The van der Waals surface area contributed by atoms with Gasteiger partial charge in [0.1, 0.15) is 5.82 Å². The predicted molar refractivity (Wildman–Crippen MR) is 116 cm³/mol. The monoisotopic (exact) mass is 530 g/mol. The van der Waals surface area contributed by atoms with Crippen LogP contribution in [0.5, 0.6) is 5.75 Å². The number of halogens is 7. The van der Waals surface area contributed by atoms with Crippen molar-refractivity contribution in [3.63, 3.8) is 0 Å². The van der Waals surface area contributed by atoms with E-state index in [0.29, 0.717) is 6.07 Å². The average molecular weight is 530 g/mol. The lowest BCUT2D eigenvalue weighted by Crippen LogP contribution is -2.30. The fraction of sp³-hybridized carbons (Fsp3) is 0.136. The van der Waals surface area contributed by atoms with Crippen LogP contribution in [0.3, 0.4) is 0 Å². The zero-order valence-corrected chi connectivity index (χ0v) is 18.7. The average Bonchev–Trinajstić information content (AvgIpc) is 3.50. The molecule has 14 heteroatoms. The molecule has 0 aliphatic rings. The third-order valence-corrected chi connectivity index (χ3v) is 5.52. The summed E-state index contributed by atoms with van der Waals surface area (Å²) in [5, 5.41) is 5.50. The zero-order chi connectivity index (χ0) is 26.3. The van der Waals surface area contributed by atoms with Crippen molar-refractivity contribution < 1.29 is 40.3 Å². The Hall–Kier alpha value is -3.94. The van der Waals surface area contributed by atoms with Gasteiger partial charge in [-0.25, -0.2) is 18.9 Å². The Labute approximate surface area is 202 Å². The van der Waals surface area contributed by atoms with Crippen LogP contribution in [0.2, 0.25) is 0 Å². The Morgan fingerprint density at radius 2 is 1.75 bits per heavy atom. The molecule has 0 spiro atoms. The van der Waals surface area contributed by atoms with Gasteiger partial charge in [-0.3, -0.25) is 4.90 Å². The molecule has 0 fully saturated rings. The number of alkyl halides is 6. The van der Waals surface area contributed by atoms with E-state index in [1.54, 1.807) is 5.38 Å². The second-order valence-corrected chi connectivity index (χ2v) is 8.04. The number of amides is 1. The molecule has 0 aliphatic carbocycles. The molecule has 0 unspecified atom stereocenters. The smallest absolute Gasteiger partial charge is 0.409 e. The molecule has 0 aliphatic heterocycles. The van der Waals surface area contributed by atoms with Crippen molar-refractivity contribution in [2.45, 2.75) is 12.4 Å². The van der Waals surface area contributed by atoms with Crippen molar-refractivity contribution in [3.05, 3.63) is 76.6 Å². The summed E-state index contributed by atoms with van der Waals surface area (Å²) in [6.45, 7) is 0. The van der Waals surface area contributed by atoms with Crippen LogP contribution in [0.25, 0.3) is 16.9 Å². The maximum atomic E-state index is 13.9. The fourth-order valence-corrected chi connectivity index (χ4v) is 3.68. The van der Waals surface area contributed by atoms with E-state index >= 15 is 0 Å². The molecule has 0 atom stereocenters. The van der Waals surface area contributed by atoms with Crippen molar-refractivity contribution in [2.24, 2.45) is 0 Å². The third kappa shape index (κ3) is 5.17. The number of carbonyl (C=O) groups is 1. The fourth-order valence-electron chi connectivity index (χ4n) is 3.16. The van der Waals surface area contributed by atoms with Gasteiger partial charge in [-0.05, 0) is 36.4 Å². The van der Waals surface area contributed by atoms with Crippen molar-refractivity contribution in [2.75, 3.05) is 11.9 Å². The maximum absolute atomic E-state index is 13.9. The van der Waals surface area contributed by atoms with Crippen molar-refractivity contribution in [1.29, 1.82) is 0 Å². The molecule has 2 heterocycles. The lowest BCUT2D eigenvalue weighted by atomic mass is 9.99. The molecular weight excluding hydrogens is 517 g/mol. The van der Waals surface area contributed by atoms with E-state index in [0.717, 1.165) is 41.2 Å². The molecule has 0 saturated carbocycles. The topological polar surface area (TPSA) is 60.3 Å². The summed E-state index contributed by atoms with van der Waals surface area (Å²) >= 11 is 1.20. The summed E-state index contributed by atoms with van der Waals surface area (Å²) in [6, 6.07) is 4.68. The van der Waals surface area contributed by atoms with Gasteiger partial charge in [-0.1, -0.05) is 0 Å². The zero-order valence-electron chi connectivity index (χ0n) is 17.9. The van der Waals surface area contributed by atoms with E-state index in [2.05, 4.69) is 10.1 Å². The predicted octanol–water partition coefficient (Wildman–Crippen LogP) is 6.81. The minimum Gasteiger partial charge on any atom is -0.409 e. The van der Waals surface area contributed by atoms with Crippen LogP contribution in [0.15, 0.2) is 59.7 Å². The maximum Gasteiger partial charge on any atom is 0.420 e. The van der Waals surface area contributed by atoms with Gasteiger partial charge in [-0.2, -0.15) is 31.4 Å². The minimum absolute atomic E-state index is 0.0692. The highest BCUT2D eigenvalue weighted by molar-refractivity contribution is 7.07. The molecule has 2 aromatic heterocycles. The quantitative estimate of drug-likeness (QED) is 0.272. The summed E-state index contributed by atoms with van der Waals surface area (Å²) < 4.78 is 102. The first-order chi connectivity index (χ1) is 16.8. The van der Waals surface area contributed by atoms with Crippen molar-refractivity contribution in [1.82, 2.24) is 14.8 Å². The molecule has 0 saturated heterocycles. The molecule has 36 heavy (non-hydrogen) atoms. The highest BCUT2D eigenvalue weighted by Gasteiger charge is 2.41. The van der Waals surface area contributed by atoms with E-state index in [9.17, 15) is 35.5 Å². The van der Waals surface area contributed by atoms with E-state index in [-0.39, 0.29) is 23.1 Å². The van der Waals surface area contributed by atoms with Crippen molar-refractivity contribution in [3.8, 4) is 22.7 Å². The summed E-state index contributed by atoms with van der Waals surface area (Å²) in [7, 11) is 1.15. The second-order valence-electron chi connectivity index (χ2n) is 7.32. The molecule has 1 amide bonds. The lowest BCUT2D eigenvalue weighted by molar-refractivity contribution is -0.143. The summed E-state index contributed by atoms with van der Waals surface area (Å²) in [5.41, 5.74) is -2.74. The van der Waals surface area contributed by atoms with Gasteiger partial charge in [0.05, 0.1) is 22.8 Å². The SMILES string of the molecule is CN(C(=O)Oc1c(-c2cnn(-c3cscn3)c2)cc(C(F)(F)F)cc1C(F)(F)F)c1ccc(F)cc1. The van der Waals surface area contributed by atoms with Gasteiger partial charge < -0.3 is 4.74 Å². The molecule has 4 aromatic rings. The summed E-state index contributed by atoms with van der Waals surface area (Å²) in [4.78, 5) is 17.5. The van der Waals surface area contributed by atoms with Crippen LogP contribution < -0.4 is 9.64 Å². The molecule has 0 N–H and O–H groups in total. The molecule has 188 valence electrons. The number of hydrogen-bond donors (Lipinski definition) is 0. The van der Waals surface area contributed by atoms with Crippen molar-refractivity contribution >= 4 is 23.1 Å². The largest absolute Gasteiger partial charge is 0.420 e. The van der Waals surface area contributed by atoms with Gasteiger partial charge in [0, 0.05) is 35.4 Å². The van der Waals surface area contributed by atoms with Crippen LogP contribution >= 0.6 is 11.3 Å². The van der Waals surface area contributed by atoms with Gasteiger partial charge >= 0.3 is 18.4 Å². The molecular formula is C22H13F7N4O2S. The Morgan fingerprint density at radius 1 is 1.06 bits per heavy atom. The first-order valence-electron chi connectivity index (χ1n) is 9.81. The van der Waals surface area contributed by atoms with Gasteiger partial charge in [0.25, 0.3) is 0 Å². The molecule has 6 nitrogen and oxygen atoms in total. The number of benzene rings is 2. The standard InChI is InChI=1S/C22H13F7N4O2S/c1-32(15-4-2-14(23)3-5-15)20(34)35-19-16(12-8-31-33(9-12)18-10-36-11-30-18)6-13(21(24,25)26)7-17(19)22(27,28)29/h2-11H,1H3. The number of thiazole rings is 1. The summed E-state index contributed by atoms with van der Waals surface area (Å²) in [5.74, 6) is -1.49. The van der Waals surface area contributed by atoms with Crippen LogP contribution in [0, 0.1) is 5.82 Å². The number of nitrogens with zero attached hydrogens (tertiary/aromatic N) is 4. The number of rotatable bonds is 4. The number of hydrogen-bond acceptors (Lipinski definition) is 5. The van der Waals surface area contributed by atoms with Crippen LogP contribution in [0.1, 0.15) is 11.1 Å². The lowest BCUT2D eigenvalue weighted by Gasteiger charge is -2.22. The minimum atomic E-state index is -5.31. The van der Waals surface area contributed by atoms with E-state index in [4.69, 9.17) is 4.74 Å². The van der Waals surface area contributed by atoms with E-state index < -0.39 is 46.7 Å². The first-order valence-corrected chi connectivity index (χ1v) is 10.8. The van der Waals surface area contributed by atoms with E-state index in [1.165, 1.54) is 29.0 Å². The van der Waals surface area contributed by atoms with Gasteiger partial charge in [0.15, 0.2) is 11.6 Å². The normalized spacial score (nSPS) is 12.0. The Bertz CT molecular complexity index is 1380. The first kappa shape index (κ1) is 25.2. The van der Waals surface area contributed by atoms with E-state index in [1.807, 2.05) is 0 Å². The number of aromatic nitrogens is 3. The summed E-state index contributed by atoms with van der Waals surface area (Å²) in [6.07, 6.45) is -9.61. The van der Waals surface area contributed by atoms with Crippen LogP contribution in [0.4, 0.5) is 41.2 Å². The highest BCUT2D eigenvalue weighted by Crippen LogP contribution is 2.46. The molecule has 2 aromatic carbocycles. The Morgan fingerprint density at radius 3 is 2.33 bits per heavy atom. The molecule has 0 radical (unpaired) electrons. The van der Waals surface area contributed by atoms with Gasteiger partial charge in [-0.15, -0.1) is 11.3 Å².